The average molecular weight is 293 g/mol. The molecule has 0 amide bonds. The first-order chi connectivity index (χ1) is 9.56. The summed E-state index contributed by atoms with van der Waals surface area (Å²) >= 11 is 6.02. The van der Waals surface area contributed by atoms with Gasteiger partial charge in [-0.05, 0) is 17.5 Å². The average Bonchev–Trinajstić information content (AvgIpc) is 2.41. The van der Waals surface area contributed by atoms with E-state index in [4.69, 9.17) is 11.6 Å². The molecule has 0 aliphatic rings. The minimum absolute atomic E-state index is 0.161. The van der Waals surface area contributed by atoms with Gasteiger partial charge in [0.25, 0.3) is 5.56 Å². The van der Waals surface area contributed by atoms with Crippen molar-refractivity contribution < 1.29 is 0 Å². The first-order valence-electron chi connectivity index (χ1n) is 6.45. The maximum absolute atomic E-state index is 12.0. The molecule has 0 atom stereocenters. The lowest BCUT2D eigenvalue weighted by molar-refractivity contribution is 0.636. The summed E-state index contributed by atoms with van der Waals surface area (Å²) in [5.74, 6) is 0.507. The zero-order valence-electron chi connectivity index (χ0n) is 11.5. The van der Waals surface area contributed by atoms with E-state index in [9.17, 15) is 4.79 Å². The van der Waals surface area contributed by atoms with Crippen LogP contribution in [0.4, 0.5) is 5.69 Å². The van der Waals surface area contributed by atoms with E-state index in [-0.39, 0.29) is 5.56 Å². The molecule has 2 aromatic rings. The van der Waals surface area contributed by atoms with Crippen molar-refractivity contribution in [2.24, 2.45) is 5.92 Å². The minimum atomic E-state index is -0.161. The number of anilines is 1. The van der Waals surface area contributed by atoms with Gasteiger partial charge in [0.05, 0.1) is 23.5 Å². The van der Waals surface area contributed by atoms with E-state index in [1.807, 2.05) is 0 Å². The Hall–Kier alpha value is -1.88. The van der Waals surface area contributed by atoms with Crippen LogP contribution < -0.4 is 10.9 Å². The molecule has 0 fully saturated rings. The highest BCUT2D eigenvalue weighted by Crippen LogP contribution is 2.13. The second-order valence-electron chi connectivity index (χ2n) is 4.98. The number of pyridine rings is 1. The molecule has 2 heterocycles. The monoisotopic (exact) mass is 292 g/mol. The molecule has 2 rings (SSSR count). The lowest BCUT2D eigenvalue weighted by Gasteiger charge is -2.10. The van der Waals surface area contributed by atoms with E-state index in [1.54, 1.807) is 30.7 Å². The Bertz CT molecular complexity index is 639. The van der Waals surface area contributed by atoms with Crippen LogP contribution in [0.1, 0.15) is 19.4 Å². The van der Waals surface area contributed by atoms with E-state index in [2.05, 4.69) is 29.2 Å². The van der Waals surface area contributed by atoms with Crippen molar-refractivity contribution in [3.63, 3.8) is 0 Å². The summed E-state index contributed by atoms with van der Waals surface area (Å²) in [7, 11) is 0. The summed E-state index contributed by atoms with van der Waals surface area (Å²) < 4.78 is 1.38. The Morgan fingerprint density at radius 2 is 2.20 bits per heavy atom. The second-order valence-corrected chi connectivity index (χ2v) is 5.39. The molecule has 2 aromatic heterocycles. The summed E-state index contributed by atoms with van der Waals surface area (Å²) in [6.45, 7) is 5.35. The summed E-state index contributed by atoms with van der Waals surface area (Å²) in [5.41, 5.74) is 1.39. The fraction of sp³-hybridized carbons (Fsp3) is 0.357. The van der Waals surface area contributed by atoms with Gasteiger partial charge in [-0.3, -0.25) is 9.78 Å². The van der Waals surface area contributed by atoms with Crippen molar-refractivity contribution in [1.82, 2.24) is 14.8 Å². The third-order valence-electron chi connectivity index (χ3n) is 2.76. The Kier molecular flexibility index (Phi) is 4.74. The van der Waals surface area contributed by atoms with Crippen LogP contribution in [0.15, 0.2) is 35.5 Å². The zero-order chi connectivity index (χ0) is 14.5. The molecule has 106 valence electrons. The number of aromatic nitrogens is 3. The molecule has 0 aliphatic carbocycles. The van der Waals surface area contributed by atoms with Gasteiger partial charge in [0.2, 0.25) is 0 Å². The molecule has 0 saturated carbocycles. The zero-order valence-corrected chi connectivity index (χ0v) is 12.3. The van der Waals surface area contributed by atoms with Crippen molar-refractivity contribution in [1.29, 1.82) is 0 Å². The third kappa shape index (κ3) is 3.81. The van der Waals surface area contributed by atoms with Gasteiger partial charge in [0.1, 0.15) is 0 Å². The van der Waals surface area contributed by atoms with Gasteiger partial charge in [-0.25, -0.2) is 4.68 Å². The standard InChI is InChI=1S/C14H17ClN4O/c1-10(2)6-17-12-5-14(20)19(18-7-12)9-11-3-4-16-8-13(11)15/h3-5,7-8,10,17H,6,9H2,1-2H3. The van der Waals surface area contributed by atoms with E-state index in [1.165, 1.54) is 4.68 Å². The quantitative estimate of drug-likeness (QED) is 0.919. The maximum Gasteiger partial charge on any atom is 0.269 e. The molecular weight excluding hydrogens is 276 g/mol. The molecule has 5 nitrogen and oxygen atoms in total. The normalized spacial score (nSPS) is 10.8. The summed E-state index contributed by atoms with van der Waals surface area (Å²) in [6, 6.07) is 3.33. The molecule has 0 saturated heterocycles. The largest absolute Gasteiger partial charge is 0.383 e. The topological polar surface area (TPSA) is 59.8 Å². The van der Waals surface area contributed by atoms with Crippen molar-refractivity contribution in [2.45, 2.75) is 20.4 Å². The van der Waals surface area contributed by atoms with Crippen LogP contribution >= 0.6 is 11.6 Å². The molecule has 6 heteroatoms. The molecule has 0 unspecified atom stereocenters. The maximum atomic E-state index is 12.0. The van der Waals surface area contributed by atoms with Crippen LogP contribution in [0.3, 0.4) is 0 Å². The van der Waals surface area contributed by atoms with Gasteiger partial charge in [0.15, 0.2) is 0 Å². The van der Waals surface area contributed by atoms with Crippen LogP contribution in [0.2, 0.25) is 5.02 Å². The lowest BCUT2D eigenvalue weighted by Crippen LogP contribution is -2.23. The highest BCUT2D eigenvalue weighted by atomic mass is 35.5. The third-order valence-corrected chi connectivity index (χ3v) is 3.10. The number of nitrogens with zero attached hydrogens (tertiary/aromatic N) is 3. The van der Waals surface area contributed by atoms with Gasteiger partial charge in [-0.1, -0.05) is 25.4 Å². The molecule has 0 aliphatic heterocycles. The van der Waals surface area contributed by atoms with E-state index in [0.717, 1.165) is 17.8 Å². The van der Waals surface area contributed by atoms with Gasteiger partial charge in [-0.15, -0.1) is 0 Å². The molecule has 1 N–H and O–H groups in total. The van der Waals surface area contributed by atoms with Crippen LogP contribution in [-0.4, -0.2) is 21.3 Å². The number of nitrogens with one attached hydrogen (secondary N) is 1. The summed E-state index contributed by atoms with van der Waals surface area (Å²) in [4.78, 5) is 15.9. The van der Waals surface area contributed by atoms with Gasteiger partial charge in [0, 0.05) is 25.0 Å². The highest BCUT2D eigenvalue weighted by Gasteiger charge is 2.05. The van der Waals surface area contributed by atoms with E-state index < -0.39 is 0 Å². The molecule has 20 heavy (non-hydrogen) atoms. The lowest BCUT2D eigenvalue weighted by atomic mass is 10.2. The molecule has 0 radical (unpaired) electrons. The van der Waals surface area contributed by atoms with Crippen LogP contribution in [0.5, 0.6) is 0 Å². The molecule has 0 aromatic carbocycles. The van der Waals surface area contributed by atoms with Crippen molar-refractivity contribution in [3.8, 4) is 0 Å². The number of rotatable bonds is 5. The van der Waals surface area contributed by atoms with Crippen LogP contribution in [0, 0.1) is 5.92 Å². The fourth-order valence-electron chi connectivity index (χ4n) is 1.66. The van der Waals surface area contributed by atoms with Gasteiger partial charge in [-0.2, -0.15) is 5.10 Å². The Morgan fingerprint density at radius 3 is 2.85 bits per heavy atom. The van der Waals surface area contributed by atoms with E-state index >= 15 is 0 Å². The fourth-order valence-corrected chi connectivity index (χ4v) is 1.84. The second kappa shape index (κ2) is 6.52. The number of hydrogen-bond donors (Lipinski definition) is 1. The molecule has 0 spiro atoms. The Balaban J connectivity index is 2.14. The predicted octanol–water partition coefficient (Wildman–Crippen LogP) is 2.41. The smallest absolute Gasteiger partial charge is 0.269 e. The Morgan fingerprint density at radius 1 is 1.40 bits per heavy atom. The first kappa shape index (κ1) is 14.5. The van der Waals surface area contributed by atoms with Crippen LogP contribution in [0.25, 0.3) is 0 Å². The van der Waals surface area contributed by atoms with Crippen molar-refractivity contribution >= 4 is 17.3 Å². The summed E-state index contributed by atoms with van der Waals surface area (Å²) in [6.07, 6.45) is 4.85. The van der Waals surface area contributed by atoms with E-state index in [0.29, 0.717) is 17.5 Å². The number of halogens is 1. The van der Waals surface area contributed by atoms with Gasteiger partial charge >= 0.3 is 0 Å². The van der Waals surface area contributed by atoms with Crippen molar-refractivity contribution in [3.05, 3.63) is 51.7 Å². The first-order valence-corrected chi connectivity index (χ1v) is 6.83. The predicted molar refractivity (Wildman–Crippen MR) is 80.2 cm³/mol. The SMILES string of the molecule is CC(C)CNc1cnn(Cc2ccncc2Cl)c(=O)c1. The Labute approximate surface area is 122 Å². The highest BCUT2D eigenvalue weighted by molar-refractivity contribution is 6.31. The summed E-state index contributed by atoms with van der Waals surface area (Å²) in [5, 5.41) is 7.86. The number of hydrogen-bond acceptors (Lipinski definition) is 4. The van der Waals surface area contributed by atoms with Gasteiger partial charge < -0.3 is 5.32 Å². The minimum Gasteiger partial charge on any atom is -0.383 e. The van der Waals surface area contributed by atoms with Crippen molar-refractivity contribution in [2.75, 3.05) is 11.9 Å². The molecular formula is C14H17ClN4O. The van der Waals surface area contributed by atoms with Crippen LogP contribution in [-0.2, 0) is 6.54 Å². The molecule has 0 bridgehead atoms.